The van der Waals surface area contributed by atoms with E-state index < -0.39 is 23.1 Å². The number of halogens is 3. The molecule has 0 bridgehead atoms. The topological polar surface area (TPSA) is 78.6 Å². The van der Waals surface area contributed by atoms with Gasteiger partial charge < -0.3 is 15.2 Å². The molecule has 0 unspecified atom stereocenters. The van der Waals surface area contributed by atoms with Crippen LogP contribution in [0.25, 0.3) is 11.1 Å². The van der Waals surface area contributed by atoms with Crippen LogP contribution < -0.4 is 15.2 Å². The molecule has 1 heterocycles. The summed E-state index contributed by atoms with van der Waals surface area (Å²) in [6.45, 7) is 0.118. The van der Waals surface area contributed by atoms with Crippen LogP contribution in [-0.2, 0) is 22.8 Å². The van der Waals surface area contributed by atoms with Crippen molar-refractivity contribution in [1.82, 2.24) is 0 Å². The maximum absolute atomic E-state index is 13.6. The zero-order chi connectivity index (χ0) is 24.1. The fourth-order valence-electron chi connectivity index (χ4n) is 4.35. The summed E-state index contributed by atoms with van der Waals surface area (Å²) in [5, 5.41) is 0. The van der Waals surface area contributed by atoms with Crippen molar-refractivity contribution in [2.75, 3.05) is 6.79 Å². The van der Waals surface area contributed by atoms with E-state index in [-0.39, 0.29) is 30.1 Å². The van der Waals surface area contributed by atoms with Gasteiger partial charge in [0.1, 0.15) is 5.78 Å². The summed E-state index contributed by atoms with van der Waals surface area (Å²) >= 11 is 0. The molecule has 3 aromatic carbocycles. The number of hydrogen-bond donors (Lipinski definition) is 1. The molecule has 1 fully saturated rings. The lowest BCUT2D eigenvalue weighted by molar-refractivity contribution is -0.137. The molecule has 0 spiro atoms. The summed E-state index contributed by atoms with van der Waals surface area (Å²) in [5.74, 6) is 0.412. The minimum Gasteiger partial charge on any atom is -0.454 e. The lowest BCUT2D eigenvalue weighted by Crippen LogP contribution is -2.22. The largest absolute Gasteiger partial charge is 0.454 e. The second kappa shape index (κ2) is 7.90. The normalized spacial score (nSPS) is 15.7. The second-order valence-electron chi connectivity index (χ2n) is 8.61. The van der Waals surface area contributed by atoms with Gasteiger partial charge in [0, 0.05) is 12.0 Å². The van der Waals surface area contributed by atoms with Crippen LogP contribution in [0.15, 0.2) is 60.7 Å². The van der Waals surface area contributed by atoms with E-state index >= 15 is 0 Å². The number of ether oxygens (including phenoxy) is 2. The van der Waals surface area contributed by atoms with Gasteiger partial charge in [-0.05, 0) is 71.5 Å². The lowest BCUT2D eigenvalue weighted by Gasteiger charge is -2.17. The average Bonchev–Trinajstić information content (AvgIpc) is 3.49. The summed E-state index contributed by atoms with van der Waals surface area (Å²) < 4.78 is 51.7. The molecule has 8 heteroatoms. The summed E-state index contributed by atoms with van der Waals surface area (Å²) in [6, 6.07) is 15.0. The Hall–Kier alpha value is -3.81. The van der Waals surface area contributed by atoms with Gasteiger partial charge in [-0.2, -0.15) is 13.2 Å². The SMILES string of the molecule is NC(=O)c1ccc(-c2cc(CC(=O)C3(c4ccc5c(c4)OCO5)CC3)cc(C(F)(F)F)c2)cc1. The Kier molecular flexibility index (Phi) is 5.11. The monoisotopic (exact) mass is 467 g/mol. The van der Waals surface area contributed by atoms with Crippen molar-refractivity contribution in [3.05, 3.63) is 82.9 Å². The van der Waals surface area contributed by atoms with Gasteiger partial charge in [-0.15, -0.1) is 0 Å². The smallest absolute Gasteiger partial charge is 0.416 e. The number of fused-ring (bicyclic) bond motifs is 1. The van der Waals surface area contributed by atoms with Crippen LogP contribution in [0, 0.1) is 0 Å². The van der Waals surface area contributed by atoms with Gasteiger partial charge in [0.15, 0.2) is 11.5 Å². The molecule has 0 aromatic heterocycles. The number of rotatable bonds is 6. The third-order valence-corrected chi connectivity index (χ3v) is 6.40. The summed E-state index contributed by atoms with van der Waals surface area (Å²) in [4.78, 5) is 24.6. The molecule has 174 valence electrons. The Morgan fingerprint density at radius 2 is 1.59 bits per heavy atom. The lowest BCUT2D eigenvalue weighted by atomic mass is 9.86. The van der Waals surface area contributed by atoms with E-state index in [2.05, 4.69) is 0 Å². The third-order valence-electron chi connectivity index (χ3n) is 6.40. The van der Waals surface area contributed by atoms with Gasteiger partial charge in [0.2, 0.25) is 12.7 Å². The van der Waals surface area contributed by atoms with Crippen molar-refractivity contribution in [1.29, 1.82) is 0 Å². The minimum atomic E-state index is -4.57. The van der Waals surface area contributed by atoms with E-state index in [1.165, 1.54) is 24.3 Å². The number of amides is 1. The fraction of sp³-hybridized carbons (Fsp3) is 0.231. The Balaban J connectivity index is 1.46. The van der Waals surface area contributed by atoms with Crippen molar-refractivity contribution >= 4 is 11.7 Å². The van der Waals surface area contributed by atoms with Crippen molar-refractivity contribution in [2.45, 2.75) is 30.9 Å². The summed E-state index contributed by atoms with van der Waals surface area (Å²) in [6.07, 6.45) is -3.45. The van der Waals surface area contributed by atoms with E-state index in [9.17, 15) is 22.8 Å². The van der Waals surface area contributed by atoms with Crippen LogP contribution in [0.2, 0.25) is 0 Å². The molecule has 1 aliphatic carbocycles. The first-order valence-corrected chi connectivity index (χ1v) is 10.7. The van der Waals surface area contributed by atoms with Crippen molar-refractivity contribution in [3.63, 3.8) is 0 Å². The van der Waals surface area contributed by atoms with Gasteiger partial charge >= 0.3 is 6.18 Å². The molecule has 3 aromatic rings. The first kappa shape index (κ1) is 22.0. The number of benzene rings is 3. The molecule has 1 saturated carbocycles. The molecule has 5 rings (SSSR count). The van der Waals surface area contributed by atoms with Gasteiger partial charge in [0.05, 0.1) is 11.0 Å². The number of primary amides is 1. The number of nitrogens with two attached hydrogens (primary N) is 1. The summed E-state index contributed by atoms with van der Waals surface area (Å²) in [7, 11) is 0. The number of carbonyl (C=O) groups excluding carboxylic acids is 2. The van der Waals surface area contributed by atoms with Crippen molar-refractivity contribution < 1.29 is 32.2 Å². The zero-order valence-electron chi connectivity index (χ0n) is 17.9. The molecule has 0 radical (unpaired) electrons. The highest BCUT2D eigenvalue weighted by Crippen LogP contribution is 2.51. The van der Waals surface area contributed by atoms with Gasteiger partial charge in [-0.25, -0.2) is 0 Å². The first-order valence-electron chi connectivity index (χ1n) is 10.7. The van der Waals surface area contributed by atoms with E-state index in [0.717, 1.165) is 17.7 Å². The molecule has 1 amide bonds. The van der Waals surface area contributed by atoms with Gasteiger partial charge in [0.25, 0.3) is 0 Å². The quantitative estimate of drug-likeness (QED) is 0.551. The average molecular weight is 467 g/mol. The number of alkyl halides is 3. The van der Waals surface area contributed by atoms with Crippen molar-refractivity contribution in [3.8, 4) is 22.6 Å². The standard InChI is InChI=1S/C26H20F3NO4/c27-26(28,29)20-10-15(9-18(12-20)16-1-3-17(4-2-16)24(30)32)11-23(31)25(7-8-25)19-5-6-21-22(13-19)34-14-33-21/h1-6,9-10,12-13H,7-8,11,14H2,(H2,30,32). The molecular weight excluding hydrogens is 447 g/mol. The van der Waals surface area contributed by atoms with Gasteiger partial charge in [-0.3, -0.25) is 9.59 Å². The number of ketones is 1. The molecule has 0 atom stereocenters. The molecule has 2 N–H and O–H groups in total. The zero-order valence-corrected chi connectivity index (χ0v) is 17.9. The maximum Gasteiger partial charge on any atom is 0.416 e. The van der Waals surface area contributed by atoms with Gasteiger partial charge in [-0.1, -0.05) is 24.3 Å². The highest BCUT2D eigenvalue weighted by Gasteiger charge is 2.51. The predicted octanol–water partition coefficient (Wildman–Crippen LogP) is 5.04. The molecular formula is C26H20F3NO4. The Morgan fingerprint density at radius 1 is 0.882 bits per heavy atom. The maximum atomic E-state index is 13.6. The molecule has 5 nitrogen and oxygen atoms in total. The van der Waals surface area contributed by atoms with Crippen molar-refractivity contribution in [2.24, 2.45) is 5.73 Å². The number of carbonyl (C=O) groups is 2. The van der Waals surface area contributed by atoms with Crippen LogP contribution >= 0.6 is 0 Å². The first-order chi connectivity index (χ1) is 16.2. The van der Waals surface area contributed by atoms with Crippen LogP contribution in [0.5, 0.6) is 11.5 Å². The molecule has 0 saturated heterocycles. The van der Waals surface area contributed by atoms with E-state index in [1.807, 2.05) is 6.07 Å². The highest BCUT2D eigenvalue weighted by molar-refractivity contribution is 5.95. The Bertz CT molecular complexity index is 1290. The minimum absolute atomic E-state index is 0.118. The number of Topliss-reactive ketones (excluding diaryl/α,β-unsaturated/α-hetero) is 1. The van der Waals surface area contributed by atoms with E-state index in [0.29, 0.717) is 35.5 Å². The highest BCUT2D eigenvalue weighted by atomic mass is 19.4. The van der Waals surface area contributed by atoms with E-state index in [1.54, 1.807) is 18.2 Å². The number of hydrogen-bond acceptors (Lipinski definition) is 4. The van der Waals surface area contributed by atoms with E-state index in [4.69, 9.17) is 15.2 Å². The Morgan fingerprint density at radius 3 is 2.24 bits per heavy atom. The molecule has 34 heavy (non-hydrogen) atoms. The Labute approximate surface area is 193 Å². The van der Waals surface area contributed by atoms with Crippen LogP contribution in [0.3, 0.4) is 0 Å². The third kappa shape index (κ3) is 4.00. The second-order valence-corrected chi connectivity index (χ2v) is 8.61. The van der Waals surface area contributed by atoms with Crippen LogP contribution in [0.4, 0.5) is 13.2 Å². The van der Waals surface area contributed by atoms with Crippen LogP contribution in [-0.4, -0.2) is 18.5 Å². The molecule has 1 aliphatic heterocycles. The fourth-order valence-corrected chi connectivity index (χ4v) is 4.35. The molecule has 2 aliphatic rings. The predicted molar refractivity (Wildman–Crippen MR) is 118 cm³/mol. The van der Waals surface area contributed by atoms with Crippen LogP contribution in [0.1, 0.15) is 39.9 Å². The summed E-state index contributed by atoms with van der Waals surface area (Å²) in [5.41, 5.74) is 5.81.